The van der Waals surface area contributed by atoms with E-state index in [1.807, 2.05) is 36.4 Å². The molecule has 0 N–H and O–H groups in total. The van der Waals surface area contributed by atoms with E-state index in [1.54, 1.807) is 48.5 Å². The van der Waals surface area contributed by atoms with Crippen molar-refractivity contribution in [3.63, 3.8) is 0 Å². The van der Waals surface area contributed by atoms with Crippen LogP contribution in [0.5, 0.6) is 28.7 Å². The first-order valence-electron chi connectivity index (χ1n) is 25.6. The van der Waals surface area contributed by atoms with Gasteiger partial charge in [0.1, 0.15) is 28.6 Å². The van der Waals surface area contributed by atoms with Crippen LogP contribution in [-0.4, -0.2) is 57.5 Å². The number of unbranched alkanes of at least 4 members (excludes halogenated alkanes) is 13. The molecule has 0 aromatic heterocycles. The molecule has 11 heteroatoms. The van der Waals surface area contributed by atoms with E-state index in [0.29, 0.717) is 62.3 Å². The molecule has 378 valence electrons. The molecule has 0 aliphatic rings. The van der Waals surface area contributed by atoms with Crippen LogP contribution >= 0.6 is 0 Å². The minimum atomic E-state index is -0.574. The van der Waals surface area contributed by atoms with Crippen LogP contribution in [-0.2, 0) is 14.3 Å². The molecule has 0 aliphatic heterocycles. The molecular formula is C60H71FO10. The highest BCUT2D eigenvalue weighted by molar-refractivity contribution is 5.94. The van der Waals surface area contributed by atoms with Gasteiger partial charge in [-0.05, 0) is 160 Å². The molecule has 0 saturated heterocycles. The number of esters is 3. The Bertz CT molecular complexity index is 2490. The Kier molecular flexibility index (Phi) is 25.0. The molecule has 0 radical (unpaired) electrons. The fourth-order valence-corrected chi connectivity index (χ4v) is 7.51. The van der Waals surface area contributed by atoms with E-state index >= 15 is 0 Å². The largest absolute Gasteiger partial charge is 0.494 e. The maximum Gasteiger partial charge on any atom is 0.343 e. The predicted molar refractivity (Wildman–Crippen MR) is 277 cm³/mol. The van der Waals surface area contributed by atoms with Crippen LogP contribution in [0.3, 0.4) is 0 Å². The molecule has 71 heavy (non-hydrogen) atoms. The monoisotopic (exact) mass is 971 g/mol. The van der Waals surface area contributed by atoms with E-state index in [2.05, 4.69) is 32.3 Å². The number of rotatable bonds is 33. The zero-order chi connectivity index (χ0) is 50.3. The second kappa shape index (κ2) is 32.2. The standard InChI is InChI=1S/C60H71FO10/c1-4-7-9-11-21-41-70-60(64)54-45-53(71-59(63)48-27-30-51(31-28-48)65-36-17-13-15-20-40-69-58(62)6-3)33-35-56(54)67-38-19-14-12-18-37-66-52-32-29-49-42-46(24-26-50(49)44-52)22-23-47-25-34-57(55(61)43-47)68-39-16-10-8-5-2/h6,24-35,42-45H,3-5,7-21,36-41H2,1-2H3. The average Bonchev–Trinajstić information content (AvgIpc) is 3.38. The van der Waals surface area contributed by atoms with E-state index in [9.17, 15) is 18.8 Å². The molecule has 5 rings (SSSR count). The van der Waals surface area contributed by atoms with Gasteiger partial charge in [0.25, 0.3) is 0 Å². The van der Waals surface area contributed by atoms with Crippen molar-refractivity contribution in [3.8, 4) is 40.6 Å². The zero-order valence-corrected chi connectivity index (χ0v) is 41.7. The van der Waals surface area contributed by atoms with Gasteiger partial charge in [0.15, 0.2) is 11.6 Å². The van der Waals surface area contributed by atoms with Gasteiger partial charge < -0.3 is 33.2 Å². The van der Waals surface area contributed by atoms with Gasteiger partial charge in [-0.25, -0.2) is 18.8 Å². The molecule has 0 fully saturated rings. The third-order valence-electron chi connectivity index (χ3n) is 11.6. The maximum absolute atomic E-state index is 14.6. The van der Waals surface area contributed by atoms with Crippen molar-refractivity contribution in [2.24, 2.45) is 0 Å². The SMILES string of the molecule is C=CC(=O)OCCCCCCOc1ccc(C(=O)Oc2ccc(OCCCCCCOc3ccc4cc(C#Cc5ccc(OCCCCCC)c(F)c5)ccc4c3)c(C(=O)OCCCCCCC)c2)cc1. The van der Waals surface area contributed by atoms with E-state index in [-0.39, 0.29) is 17.1 Å². The maximum atomic E-state index is 14.6. The molecule has 0 unspecified atom stereocenters. The normalized spacial score (nSPS) is 10.7. The molecule has 0 amide bonds. The summed E-state index contributed by atoms with van der Waals surface area (Å²) in [4.78, 5) is 37.6. The van der Waals surface area contributed by atoms with Crippen LogP contribution in [0.4, 0.5) is 4.39 Å². The molecule has 0 bridgehead atoms. The minimum absolute atomic E-state index is 0.202. The molecule has 0 aliphatic carbocycles. The first-order valence-corrected chi connectivity index (χ1v) is 25.6. The minimum Gasteiger partial charge on any atom is -0.494 e. The van der Waals surface area contributed by atoms with E-state index in [0.717, 1.165) is 137 Å². The van der Waals surface area contributed by atoms with Crippen molar-refractivity contribution in [2.75, 3.05) is 39.6 Å². The number of hydrogen-bond donors (Lipinski definition) is 0. The Morgan fingerprint density at radius 3 is 1.62 bits per heavy atom. The molecule has 0 spiro atoms. The highest BCUT2D eigenvalue weighted by Crippen LogP contribution is 2.28. The third-order valence-corrected chi connectivity index (χ3v) is 11.6. The summed E-state index contributed by atoms with van der Waals surface area (Å²) < 4.78 is 54.6. The Morgan fingerprint density at radius 1 is 0.479 bits per heavy atom. The molecule has 10 nitrogen and oxygen atoms in total. The molecule has 0 heterocycles. The summed E-state index contributed by atoms with van der Waals surface area (Å²) in [7, 11) is 0. The lowest BCUT2D eigenvalue weighted by atomic mass is 10.1. The van der Waals surface area contributed by atoms with Gasteiger partial charge in [-0.3, -0.25) is 0 Å². The van der Waals surface area contributed by atoms with Gasteiger partial charge in [0.2, 0.25) is 0 Å². The molecule has 0 atom stereocenters. The van der Waals surface area contributed by atoms with E-state index < -0.39 is 23.7 Å². The average molecular weight is 971 g/mol. The van der Waals surface area contributed by atoms with Gasteiger partial charge in [-0.15, -0.1) is 0 Å². The zero-order valence-electron chi connectivity index (χ0n) is 41.7. The van der Waals surface area contributed by atoms with Gasteiger partial charge in [-0.2, -0.15) is 0 Å². The number of ether oxygens (including phenoxy) is 7. The summed E-state index contributed by atoms with van der Waals surface area (Å²) in [6, 6.07) is 28.3. The second-order valence-corrected chi connectivity index (χ2v) is 17.4. The van der Waals surface area contributed by atoms with E-state index in [1.165, 1.54) is 12.1 Å². The smallest absolute Gasteiger partial charge is 0.343 e. The third kappa shape index (κ3) is 20.6. The Labute approximate surface area is 420 Å². The van der Waals surface area contributed by atoms with Crippen molar-refractivity contribution in [3.05, 3.63) is 138 Å². The van der Waals surface area contributed by atoms with Crippen molar-refractivity contribution in [1.29, 1.82) is 0 Å². The van der Waals surface area contributed by atoms with Crippen molar-refractivity contribution in [2.45, 2.75) is 123 Å². The van der Waals surface area contributed by atoms with Crippen LogP contribution in [0.2, 0.25) is 0 Å². The van der Waals surface area contributed by atoms with Gasteiger partial charge in [0.05, 0.1) is 45.2 Å². The summed E-state index contributed by atoms with van der Waals surface area (Å²) in [6.45, 7) is 10.4. The fraction of sp³-hybridized carbons (Fsp3) is 0.417. The number of benzene rings is 5. The number of carbonyl (C=O) groups excluding carboxylic acids is 3. The summed E-state index contributed by atoms with van der Waals surface area (Å²) in [5.74, 6) is 6.58. The first-order chi connectivity index (χ1) is 34.8. The van der Waals surface area contributed by atoms with Crippen LogP contribution in [0.15, 0.2) is 110 Å². The molecule has 5 aromatic rings. The lowest BCUT2D eigenvalue weighted by Gasteiger charge is -2.13. The second-order valence-electron chi connectivity index (χ2n) is 17.4. The summed E-state index contributed by atoms with van der Waals surface area (Å²) in [5, 5.41) is 2.07. The van der Waals surface area contributed by atoms with Crippen LogP contribution in [0, 0.1) is 17.7 Å². The highest BCUT2D eigenvalue weighted by Gasteiger charge is 2.18. The van der Waals surface area contributed by atoms with Crippen LogP contribution in [0.1, 0.15) is 155 Å². The summed E-state index contributed by atoms with van der Waals surface area (Å²) in [5.41, 5.74) is 1.96. The summed E-state index contributed by atoms with van der Waals surface area (Å²) >= 11 is 0. The van der Waals surface area contributed by atoms with Gasteiger partial charge in [-0.1, -0.05) is 89.3 Å². The van der Waals surface area contributed by atoms with Gasteiger partial charge in [0, 0.05) is 17.2 Å². The Balaban J connectivity index is 1.03. The number of fused-ring (bicyclic) bond motifs is 1. The number of halogens is 1. The topological polar surface area (TPSA) is 116 Å². The predicted octanol–water partition coefficient (Wildman–Crippen LogP) is 14.4. The molecule has 5 aromatic carbocycles. The molecular weight excluding hydrogens is 900 g/mol. The molecule has 0 saturated carbocycles. The first kappa shape index (κ1) is 55.1. The highest BCUT2D eigenvalue weighted by atomic mass is 19.1. The van der Waals surface area contributed by atoms with Crippen molar-refractivity contribution >= 4 is 28.7 Å². The lowest BCUT2D eigenvalue weighted by molar-refractivity contribution is -0.137. The van der Waals surface area contributed by atoms with Crippen LogP contribution < -0.4 is 23.7 Å². The van der Waals surface area contributed by atoms with Crippen molar-refractivity contribution in [1.82, 2.24) is 0 Å². The Hall–Kier alpha value is -6.80. The van der Waals surface area contributed by atoms with Gasteiger partial charge >= 0.3 is 17.9 Å². The number of hydrogen-bond acceptors (Lipinski definition) is 10. The van der Waals surface area contributed by atoms with Crippen LogP contribution in [0.25, 0.3) is 10.8 Å². The lowest BCUT2D eigenvalue weighted by Crippen LogP contribution is -2.12. The fourth-order valence-electron chi connectivity index (χ4n) is 7.51. The quantitative estimate of drug-likeness (QED) is 0.0132. The van der Waals surface area contributed by atoms with Crippen molar-refractivity contribution < 1.29 is 51.9 Å². The number of carbonyl (C=O) groups is 3. The Morgan fingerprint density at radius 2 is 0.972 bits per heavy atom. The van der Waals surface area contributed by atoms with E-state index in [4.69, 9.17) is 33.2 Å². The summed E-state index contributed by atoms with van der Waals surface area (Å²) in [6.07, 6.45) is 17.5.